The molecule has 0 atom stereocenters. The summed E-state index contributed by atoms with van der Waals surface area (Å²) >= 11 is 0. The van der Waals surface area contributed by atoms with E-state index < -0.39 is 17.7 Å². The molecule has 1 aromatic heterocycles. The van der Waals surface area contributed by atoms with Crippen LogP contribution in [0.2, 0.25) is 0 Å². The number of hydrogen-bond acceptors (Lipinski definition) is 7. The van der Waals surface area contributed by atoms with Gasteiger partial charge in [-0.1, -0.05) is 11.2 Å². The first-order valence-electron chi connectivity index (χ1n) is 8.03. The summed E-state index contributed by atoms with van der Waals surface area (Å²) in [6.07, 6.45) is -3.37. The molecule has 0 saturated carbocycles. The molecule has 3 aromatic rings. The molecule has 0 amide bonds. The highest BCUT2D eigenvalue weighted by molar-refractivity contribution is 5.90. The predicted octanol–water partition coefficient (Wildman–Crippen LogP) is 3.26. The first-order valence-corrected chi connectivity index (χ1v) is 8.03. The second-order valence-electron chi connectivity index (χ2n) is 5.60. The van der Waals surface area contributed by atoms with Gasteiger partial charge < -0.3 is 19.7 Å². The molecular formula is C18H13F3N4O4. The Bertz CT molecular complexity index is 1000. The fraction of sp³-hybridized carbons (Fsp3) is 0.111. The number of aromatic nitrogens is 2. The number of ether oxygens (including phenoxy) is 1. The van der Waals surface area contributed by atoms with Gasteiger partial charge in [0.15, 0.2) is 5.84 Å². The van der Waals surface area contributed by atoms with E-state index in [9.17, 15) is 18.0 Å². The monoisotopic (exact) mass is 406 g/mol. The van der Waals surface area contributed by atoms with E-state index in [1.807, 2.05) is 0 Å². The van der Waals surface area contributed by atoms with Gasteiger partial charge in [0.25, 0.3) is 0 Å². The van der Waals surface area contributed by atoms with Crippen molar-refractivity contribution < 1.29 is 32.0 Å². The zero-order valence-corrected chi connectivity index (χ0v) is 14.6. The van der Waals surface area contributed by atoms with E-state index in [0.29, 0.717) is 23.3 Å². The van der Waals surface area contributed by atoms with E-state index in [2.05, 4.69) is 20.2 Å². The molecule has 11 heteroatoms. The van der Waals surface area contributed by atoms with Crippen LogP contribution in [0.25, 0.3) is 11.5 Å². The van der Waals surface area contributed by atoms with Gasteiger partial charge in [-0.3, -0.25) is 0 Å². The number of benzene rings is 2. The van der Waals surface area contributed by atoms with Gasteiger partial charge in [-0.2, -0.15) is 13.2 Å². The molecule has 29 heavy (non-hydrogen) atoms. The van der Waals surface area contributed by atoms with Gasteiger partial charge in [-0.25, -0.2) is 4.79 Å². The molecule has 0 fully saturated rings. The zero-order valence-electron chi connectivity index (χ0n) is 14.6. The SMILES string of the molecule is NC(COc1ccc(-c2nnco2)cc1)=NOC(=O)c1cccc(C(F)(F)F)c1. The first-order chi connectivity index (χ1) is 13.8. The van der Waals surface area contributed by atoms with Crippen LogP contribution in [-0.4, -0.2) is 28.6 Å². The molecule has 3 rings (SSSR count). The van der Waals surface area contributed by atoms with Crippen LogP contribution in [0.5, 0.6) is 5.75 Å². The van der Waals surface area contributed by atoms with E-state index in [4.69, 9.17) is 14.9 Å². The third kappa shape index (κ3) is 5.31. The molecule has 0 saturated heterocycles. The van der Waals surface area contributed by atoms with Gasteiger partial charge in [0.1, 0.15) is 12.4 Å². The van der Waals surface area contributed by atoms with Gasteiger partial charge in [0, 0.05) is 5.56 Å². The minimum Gasteiger partial charge on any atom is -0.486 e. The fourth-order valence-corrected chi connectivity index (χ4v) is 2.15. The van der Waals surface area contributed by atoms with Crippen LogP contribution >= 0.6 is 0 Å². The average Bonchev–Trinajstić information content (AvgIpc) is 3.25. The lowest BCUT2D eigenvalue weighted by Gasteiger charge is -2.08. The highest BCUT2D eigenvalue weighted by Gasteiger charge is 2.31. The molecule has 2 N–H and O–H groups in total. The van der Waals surface area contributed by atoms with Crippen molar-refractivity contribution in [2.45, 2.75) is 6.18 Å². The largest absolute Gasteiger partial charge is 0.486 e. The molecular weight excluding hydrogens is 393 g/mol. The topological polar surface area (TPSA) is 113 Å². The number of amidine groups is 1. The molecule has 0 bridgehead atoms. The Kier molecular flexibility index (Phi) is 5.77. The lowest BCUT2D eigenvalue weighted by molar-refractivity contribution is -0.137. The second kappa shape index (κ2) is 8.42. The van der Waals surface area contributed by atoms with E-state index in [-0.39, 0.29) is 18.0 Å². The maximum Gasteiger partial charge on any atom is 0.416 e. The fourth-order valence-electron chi connectivity index (χ4n) is 2.15. The minimum absolute atomic E-state index is 0.189. The van der Waals surface area contributed by atoms with Gasteiger partial charge >= 0.3 is 12.1 Å². The number of rotatable bonds is 6. The molecule has 2 aromatic carbocycles. The molecule has 8 nitrogen and oxygen atoms in total. The Morgan fingerprint density at radius 2 is 1.93 bits per heavy atom. The van der Waals surface area contributed by atoms with E-state index >= 15 is 0 Å². The number of hydrogen-bond donors (Lipinski definition) is 1. The van der Waals surface area contributed by atoms with Crippen molar-refractivity contribution in [3.8, 4) is 17.2 Å². The average molecular weight is 406 g/mol. The van der Waals surface area contributed by atoms with Crippen LogP contribution in [-0.2, 0) is 11.0 Å². The number of halogens is 3. The third-order valence-electron chi connectivity index (χ3n) is 3.52. The van der Waals surface area contributed by atoms with E-state index in [1.165, 1.54) is 12.5 Å². The molecule has 0 aliphatic heterocycles. The van der Waals surface area contributed by atoms with E-state index in [1.54, 1.807) is 24.3 Å². The van der Waals surface area contributed by atoms with Crippen LogP contribution < -0.4 is 10.5 Å². The number of carbonyl (C=O) groups is 1. The Labute approximate surface area is 161 Å². The quantitative estimate of drug-likeness (QED) is 0.289. The Morgan fingerprint density at radius 3 is 2.59 bits per heavy atom. The van der Waals surface area contributed by atoms with Crippen LogP contribution in [0.4, 0.5) is 13.2 Å². The van der Waals surface area contributed by atoms with Gasteiger partial charge in [0.05, 0.1) is 11.1 Å². The third-order valence-corrected chi connectivity index (χ3v) is 3.52. The second-order valence-corrected chi connectivity index (χ2v) is 5.60. The summed E-state index contributed by atoms with van der Waals surface area (Å²) in [4.78, 5) is 16.4. The van der Waals surface area contributed by atoms with Gasteiger partial charge in [-0.15, -0.1) is 10.2 Å². The number of nitrogens with zero attached hydrogens (tertiary/aromatic N) is 3. The Morgan fingerprint density at radius 1 is 1.17 bits per heavy atom. The maximum absolute atomic E-state index is 12.7. The van der Waals surface area contributed by atoms with Crippen LogP contribution in [0.15, 0.2) is 64.5 Å². The lowest BCUT2D eigenvalue weighted by Crippen LogP contribution is -2.22. The van der Waals surface area contributed by atoms with Crippen molar-refractivity contribution in [3.05, 3.63) is 66.1 Å². The number of nitrogens with two attached hydrogens (primary N) is 1. The summed E-state index contributed by atoms with van der Waals surface area (Å²) in [7, 11) is 0. The van der Waals surface area contributed by atoms with Crippen molar-refractivity contribution >= 4 is 11.8 Å². The molecule has 0 radical (unpaired) electrons. The number of carbonyl (C=O) groups excluding carboxylic acids is 1. The maximum atomic E-state index is 12.7. The normalized spacial score (nSPS) is 11.9. The molecule has 0 aliphatic carbocycles. The Balaban J connectivity index is 1.54. The summed E-state index contributed by atoms with van der Waals surface area (Å²) in [6.45, 7) is -0.213. The summed E-state index contributed by atoms with van der Waals surface area (Å²) in [5, 5.41) is 10.7. The van der Waals surface area contributed by atoms with Crippen LogP contribution in [0, 0.1) is 0 Å². The van der Waals surface area contributed by atoms with E-state index in [0.717, 1.165) is 12.1 Å². The van der Waals surface area contributed by atoms with Crippen molar-refractivity contribution in [2.75, 3.05) is 6.61 Å². The van der Waals surface area contributed by atoms with Crippen LogP contribution in [0.3, 0.4) is 0 Å². The van der Waals surface area contributed by atoms with Crippen molar-refractivity contribution in [3.63, 3.8) is 0 Å². The number of oxime groups is 1. The Hall–Kier alpha value is -3.89. The number of alkyl halides is 3. The van der Waals surface area contributed by atoms with Crippen LogP contribution in [0.1, 0.15) is 15.9 Å². The van der Waals surface area contributed by atoms with Gasteiger partial charge in [-0.05, 0) is 42.5 Å². The van der Waals surface area contributed by atoms with Crippen molar-refractivity contribution in [1.29, 1.82) is 0 Å². The smallest absolute Gasteiger partial charge is 0.416 e. The lowest BCUT2D eigenvalue weighted by atomic mass is 10.1. The standard InChI is InChI=1S/C18H13F3N4O4/c19-18(20,21)13-3-1-2-12(8-13)17(26)29-25-15(22)9-27-14-6-4-11(5-7-14)16-24-23-10-28-16/h1-8,10H,9H2,(H2,22,25). The predicted molar refractivity (Wildman–Crippen MR) is 93.7 cm³/mol. The highest BCUT2D eigenvalue weighted by Crippen LogP contribution is 2.29. The summed E-state index contributed by atoms with van der Waals surface area (Å²) in [5.41, 5.74) is 4.99. The molecule has 0 aliphatic rings. The summed E-state index contributed by atoms with van der Waals surface area (Å²) < 4.78 is 48.5. The zero-order chi connectivity index (χ0) is 20.9. The molecule has 0 unspecified atom stereocenters. The minimum atomic E-state index is -4.58. The highest BCUT2D eigenvalue weighted by atomic mass is 19.4. The molecule has 0 spiro atoms. The summed E-state index contributed by atoms with van der Waals surface area (Å²) in [5.74, 6) is -0.482. The molecule has 150 valence electrons. The molecule has 1 heterocycles. The summed E-state index contributed by atoms with van der Waals surface area (Å²) in [6, 6.07) is 10.4. The van der Waals surface area contributed by atoms with Gasteiger partial charge in [0.2, 0.25) is 12.3 Å². The van der Waals surface area contributed by atoms with Crippen molar-refractivity contribution in [2.24, 2.45) is 10.9 Å². The first kappa shape index (κ1) is 19.9. The van der Waals surface area contributed by atoms with Crippen molar-refractivity contribution in [1.82, 2.24) is 10.2 Å².